The third-order valence-corrected chi connectivity index (χ3v) is 2.54. The summed E-state index contributed by atoms with van der Waals surface area (Å²) in [6, 6.07) is 3.90. The van der Waals surface area contributed by atoms with Crippen LogP contribution in [0.2, 0.25) is 0 Å². The molecule has 1 aromatic heterocycles. The van der Waals surface area contributed by atoms with E-state index >= 15 is 0 Å². The molecule has 0 saturated heterocycles. The van der Waals surface area contributed by atoms with Crippen LogP contribution in [-0.2, 0) is 0 Å². The Morgan fingerprint density at radius 2 is 2.22 bits per heavy atom. The van der Waals surface area contributed by atoms with Gasteiger partial charge in [-0.1, -0.05) is 6.07 Å². The number of amides is 1. The van der Waals surface area contributed by atoms with Crippen molar-refractivity contribution < 1.29 is 15.0 Å². The maximum atomic E-state index is 11.9. The molecule has 0 radical (unpaired) electrons. The number of benzene rings is 1. The Balaban J connectivity index is 2.15. The molecule has 18 heavy (non-hydrogen) atoms. The van der Waals surface area contributed by atoms with Gasteiger partial charge >= 0.3 is 0 Å². The van der Waals surface area contributed by atoms with Crippen LogP contribution in [0.5, 0.6) is 11.5 Å². The van der Waals surface area contributed by atoms with Crippen molar-refractivity contribution in [1.82, 2.24) is 15.3 Å². The third kappa shape index (κ3) is 2.27. The fraction of sp³-hybridized carbons (Fsp3) is 0.167. The van der Waals surface area contributed by atoms with Crippen molar-refractivity contribution in [3.05, 3.63) is 42.0 Å². The summed E-state index contributed by atoms with van der Waals surface area (Å²) in [4.78, 5) is 18.8. The number of para-hydroxylation sites is 1. The summed E-state index contributed by atoms with van der Waals surface area (Å²) in [7, 11) is 0. The lowest BCUT2D eigenvalue weighted by molar-refractivity contribution is 0.0935. The van der Waals surface area contributed by atoms with Crippen LogP contribution in [0, 0.1) is 0 Å². The molecule has 6 heteroatoms. The second kappa shape index (κ2) is 4.79. The van der Waals surface area contributed by atoms with Gasteiger partial charge in [-0.15, -0.1) is 0 Å². The van der Waals surface area contributed by atoms with E-state index < -0.39 is 11.7 Å². The Labute approximate surface area is 103 Å². The Bertz CT molecular complexity index is 552. The Kier molecular flexibility index (Phi) is 3.18. The molecule has 0 aliphatic rings. The SMILES string of the molecule is CC(NC(=O)c1cccc(O)c1O)c1ncc[nH]1. The van der Waals surface area contributed by atoms with Gasteiger partial charge in [-0.2, -0.15) is 0 Å². The summed E-state index contributed by atoms with van der Waals surface area (Å²) < 4.78 is 0. The normalized spacial score (nSPS) is 12.1. The van der Waals surface area contributed by atoms with Crippen LogP contribution in [0.25, 0.3) is 0 Å². The van der Waals surface area contributed by atoms with Crippen molar-refractivity contribution in [2.75, 3.05) is 0 Å². The highest BCUT2D eigenvalue weighted by molar-refractivity contribution is 5.97. The van der Waals surface area contributed by atoms with Crippen molar-refractivity contribution in [3.63, 3.8) is 0 Å². The number of carbonyl (C=O) groups excluding carboxylic acids is 1. The van der Waals surface area contributed by atoms with Crippen molar-refractivity contribution in [3.8, 4) is 11.5 Å². The van der Waals surface area contributed by atoms with Gasteiger partial charge < -0.3 is 20.5 Å². The molecular weight excluding hydrogens is 234 g/mol. The van der Waals surface area contributed by atoms with Gasteiger partial charge in [-0.3, -0.25) is 4.79 Å². The number of aromatic amines is 1. The molecule has 0 aliphatic heterocycles. The number of phenols is 2. The van der Waals surface area contributed by atoms with E-state index in [1.165, 1.54) is 18.2 Å². The largest absolute Gasteiger partial charge is 0.504 e. The highest BCUT2D eigenvalue weighted by atomic mass is 16.3. The molecule has 2 aromatic rings. The number of nitrogens with zero attached hydrogens (tertiary/aromatic N) is 1. The first-order valence-corrected chi connectivity index (χ1v) is 5.40. The minimum absolute atomic E-state index is 0.0217. The van der Waals surface area contributed by atoms with Gasteiger partial charge in [0.15, 0.2) is 11.5 Å². The number of rotatable bonds is 3. The van der Waals surface area contributed by atoms with Crippen LogP contribution in [0.1, 0.15) is 29.1 Å². The minimum atomic E-state index is -0.479. The standard InChI is InChI=1S/C12H13N3O3/c1-7(11-13-5-6-14-11)15-12(18)8-3-2-4-9(16)10(8)17/h2-7,16-17H,1H3,(H,13,14)(H,15,18). The lowest BCUT2D eigenvalue weighted by Gasteiger charge is -2.12. The molecule has 0 saturated carbocycles. The number of hydrogen-bond acceptors (Lipinski definition) is 4. The maximum absolute atomic E-state index is 11.9. The van der Waals surface area contributed by atoms with Crippen molar-refractivity contribution in [1.29, 1.82) is 0 Å². The average molecular weight is 247 g/mol. The van der Waals surface area contributed by atoms with E-state index in [4.69, 9.17) is 0 Å². The molecule has 6 nitrogen and oxygen atoms in total. The molecule has 94 valence electrons. The molecule has 0 fully saturated rings. The Hall–Kier alpha value is -2.50. The van der Waals surface area contributed by atoms with Crippen LogP contribution < -0.4 is 5.32 Å². The molecule has 1 atom stereocenters. The van der Waals surface area contributed by atoms with E-state index in [1.54, 1.807) is 19.3 Å². The van der Waals surface area contributed by atoms with Gasteiger partial charge in [0, 0.05) is 12.4 Å². The average Bonchev–Trinajstić information content (AvgIpc) is 2.86. The van der Waals surface area contributed by atoms with E-state index in [0.29, 0.717) is 5.82 Å². The number of hydrogen-bond donors (Lipinski definition) is 4. The van der Waals surface area contributed by atoms with E-state index in [1.807, 2.05) is 0 Å². The van der Waals surface area contributed by atoms with Gasteiger partial charge in [0.25, 0.3) is 5.91 Å². The second-order valence-electron chi connectivity index (χ2n) is 3.84. The van der Waals surface area contributed by atoms with Gasteiger partial charge in [0.1, 0.15) is 5.82 Å². The number of aromatic hydroxyl groups is 2. The van der Waals surface area contributed by atoms with E-state index in [-0.39, 0.29) is 17.4 Å². The predicted molar refractivity (Wildman–Crippen MR) is 64.2 cm³/mol. The lowest BCUT2D eigenvalue weighted by Crippen LogP contribution is -2.27. The zero-order chi connectivity index (χ0) is 13.1. The molecule has 1 amide bonds. The number of H-pyrrole nitrogens is 1. The lowest BCUT2D eigenvalue weighted by atomic mass is 10.1. The highest BCUT2D eigenvalue weighted by Gasteiger charge is 2.17. The molecular formula is C12H13N3O3. The van der Waals surface area contributed by atoms with Crippen LogP contribution in [-0.4, -0.2) is 26.1 Å². The number of nitrogens with one attached hydrogen (secondary N) is 2. The van der Waals surface area contributed by atoms with Gasteiger partial charge in [0.2, 0.25) is 0 Å². The first-order valence-electron chi connectivity index (χ1n) is 5.40. The summed E-state index contributed by atoms with van der Waals surface area (Å²) in [6.45, 7) is 1.76. The minimum Gasteiger partial charge on any atom is -0.504 e. The molecule has 2 rings (SSSR count). The molecule has 1 heterocycles. The highest BCUT2D eigenvalue weighted by Crippen LogP contribution is 2.28. The van der Waals surface area contributed by atoms with Crippen LogP contribution >= 0.6 is 0 Å². The summed E-state index contributed by atoms with van der Waals surface area (Å²) >= 11 is 0. The zero-order valence-electron chi connectivity index (χ0n) is 9.71. The van der Waals surface area contributed by atoms with Crippen LogP contribution in [0.4, 0.5) is 0 Å². The molecule has 0 aliphatic carbocycles. The summed E-state index contributed by atoms with van der Waals surface area (Å²) in [5, 5.41) is 21.6. The fourth-order valence-corrected chi connectivity index (χ4v) is 1.57. The van der Waals surface area contributed by atoms with Gasteiger partial charge in [-0.25, -0.2) is 4.98 Å². The molecule has 0 spiro atoms. The summed E-state index contributed by atoms with van der Waals surface area (Å²) in [5.41, 5.74) is 0.0217. The monoisotopic (exact) mass is 247 g/mol. The van der Waals surface area contributed by atoms with Crippen LogP contribution in [0.15, 0.2) is 30.6 Å². The Morgan fingerprint density at radius 1 is 1.44 bits per heavy atom. The number of aromatic nitrogens is 2. The Morgan fingerprint density at radius 3 is 2.89 bits per heavy atom. The quantitative estimate of drug-likeness (QED) is 0.614. The first-order chi connectivity index (χ1) is 8.59. The smallest absolute Gasteiger partial charge is 0.255 e. The van der Waals surface area contributed by atoms with E-state index in [0.717, 1.165) is 0 Å². The third-order valence-electron chi connectivity index (χ3n) is 2.54. The van der Waals surface area contributed by atoms with Crippen molar-refractivity contribution in [2.45, 2.75) is 13.0 Å². The zero-order valence-corrected chi connectivity index (χ0v) is 9.71. The van der Waals surface area contributed by atoms with E-state index in [9.17, 15) is 15.0 Å². The topological polar surface area (TPSA) is 98.2 Å². The number of imidazole rings is 1. The van der Waals surface area contributed by atoms with E-state index in [2.05, 4.69) is 15.3 Å². The summed E-state index contributed by atoms with van der Waals surface area (Å²) in [5.74, 6) is -0.620. The van der Waals surface area contributed by atoms with Crippen molar-refractivity contribution in [2.24, 2.45) is 0 Å². The number of carbonyl (C=O) groups is 1. The van der Waals surface area contributed by atoms with Gasteiger partial charge in [0.05, 0.1) is 11.6 Å². The van der Waals surface area contributed by atoms with Crippen LogP contribution in [0.3, 0.4) is 0 Å². The molecule has 1 aromatic carbocycles. The predicted octanol–water partition coefficient (Wildman–Crippen LogP) is 1.31. The summed E-state index contributed by atoms with van der Waals surface area (Å²) in [6.07, 6.45) is 3.24. The van der Waals surface area contributed by atoms with Crippen molar-refractivity contribution >= 4 is 5.91 Å². The second-order valence-corrected chi connectivity index (χ2v) is 3.84. The molecule has 1 unspecified atom stereocenters. The number of phenolic OH excluding ortho intramolecular Hbond substituents is 2. The first kappa shape index (κ1) is 12.0. The molecule has 4 N–H and O–H groups in total. The van der Waals surface area contributed by atoms with Gasteiger partial charge in [-0.05, 0) is 19.1 Å². The molecule has 0 bridgehead atoms. The fourth-order valence-electron chi connectivity index (χ4n) is 1.57. The maximum Gasteiger partial charge on any atom is 0.255 e.